The molecule has 0 bridgehead atoms. The zero-order chi connectivity index (χ0) is 20.5. The van der Waals surface area contributed by atoms with Gasteiger partial charge in [-0.1, -0.05) is 26.2 Å². The SMILES string of the molecule is CCCCCCC(C)Oc1ccc(C(=O)Oc2ccc(C(=O)O)cn2)cc1F. The molecular weight excluding hydrogens is 365 g/mol. The molecule has 6 nitrogen and oxygen atoms in total. The Kier molecular flexibility index (Phi) is 7.92. The Morgan fingerprint density at radius 2 is 1.89 bits per heavy atom. The second kappa shape index (κ2) is 10.4. The van der Waals surface area contributed by atoms with Crippen molar-refractivity contribution in [3.8, 4) is 11.6 Å². The molecule has 0 aliphatic heterocycles. The molecule has 1 atom stereocenters. The van der Waals surface area contributed by atoms with Crippen LogP contribution in [0.5, 0.6) is 11.6 Å². The Balaban J connectivity index is 1.94. The minimum Gasteiger partial charge on any atom is -0.488 e. The number of aromatic carboxylic acids is 1. The van der Waals surface area contributed by atoms with Crippen molar-refractivity contribution in [2.45, 2.75) is 52.1 Å². The number of esters is 1. The van der Waals surface area contributed by atoms with E-state index in [4.69, 9.17) is 14.6 Å². The van der Waals surface area contributed by atoms with Crippen molar-refractivity contribution >= 4 is 11.9 Å². The minimum absolute atomic E-state index is 0.00422. The largest absolute Gasteiger partial charge is 0.488 e. The summed E-state index contributed by atoms with van der Waals surface area (Å²) in [7, 11) is 0. The van der Waals surface area contributed by atoms with Crippen LogP contribution in [0.3, 0.4) is 0 Å². The summed E-state index contributed by atoms with van der Waals surface area (Å²) in [5, 5.41) is 8.82. The molecule has 1 aromatic carbocycles. The fourth-order valence-electron chi connectivity index (χ4n) is 2.58. The summed E-state index contributed by atoms with van der Waals surface area (Å²) >= 11 is 0. The van der Waals surface area contributed by atoms with Crippen LogP contribution < -0.4 is 9.47 Å². The van der Waals surface area contributed by atoms with Gasteiger partial charge in [-0.05, 0) is 44.0 Å². The van der Waals surface area contributed by atoms with E-state index in [9.17, 15) is 14.0 Å². The Morgan fingerprint density at radius 1 is 1.14 bits per heavy atom. The number of hydrogen-bond acceptors (Lipinski definition) is 5. The van der Waals surface area contributed by atoms with Crippen LogP contribution in [0.2, 0.25) is 0 Å². The number of unbranched alkanes of at least 4 members (excludes halogenated alkanes) is 3. The third kappa shape index (κ3) is 6.33. The van der Waals surface area contributed by atoms with Crippen LogP contribution in [-0.4, -0.2) is 28.1 Å². The number of carbonyl (C=O) groups is 2. The van der Waals surface area contributed by atoms with Gasteiger partial charge in [0, 0.05) is 12.3 Å². The summed E-state index contributed by atoms with van der Waals surface area (Å²) in [6, 6.07) is 6.38. The average Bonchev–Trinajstić information content (AvgIpc) is 2.67. The molecule has 1 heterocycles. The summed E-state index contributed by atoms with van der Waals surface area (Å²) in [6.07, 6.45) is 6.26. The Morgan fingerprint density at radius 3 is 2.50 bits per heavy atom. The normalized spacial score (nSPS) is 11.7. The summed E-state index contributed by atoms with van der Waals surface area (Å²) < 4.78 is 24.9. The number of hydrogen-bond donors (Lipinski definition) is 1. The molecule has 7 heteroatoms. The van der Waals surface area contributed by atoms with Gasteiger partial charge >= 0.3 is 11.9 Å². The van der Waals surface area contributed by atoms with Crippen molar-refractivity contribution in [3.05, 3.63) is 53.5 Å². The zero-order valence-corrected chi connectivity index (χ0v) is 16.0. The van der Waals surface area contributed by atoms with Crippen LogP contribution in [-0.2, 0) is 0 Å². The van der Waals surface area contributed by atoms with Crippen LogP contribution in [0.4, 0.5) is 4.39 Å². The van der Waals surface area contributed by atoms with Gasteiger partial charge in [0.2, 0.25) is 5.88 Å². The molecule has 1 aromatic heterocycles. The number of rotatable bonds is 10. The highest BCUT2D eigenvalue weighted by atomic mass is 19.1. The number of carboxylic acid groups (broad SMARTS) is 1. The van der Waals surface area contributed by atoms with E-state index in [-0.39, 0.29) is 28.9 Å². The van der Waals surface area contributed by atoms with E-state index in [1.165, 1.54) is 30.7 Å². The quantitative estimate of drug-likeness (QED) is 0.461. The first-order chi connectivity index (χ1) is 13.4. The molecule has 2 aromatic rings. The van der Waals surface area contributed by atoms with E-state index in [0.717, 1.165) is 37.9 Å². The highest BCUT2D eigenvalue weighted by molar-refractivity contribution is 5.91. The van der Waals surface area contributed by atoms with Crippen molar-refractivity contribution in [1.82, 2.24) is 4.98 Å². The smallest absolute Gasteiger partial charge is 0.344 e. The van der Waals surface area contributed by atoms with E-state index in [0.29, 0.717) is 0 Å². The lowest BCUT2D eigenvalue weighted by atomic mass is 10.1. The molecule has 0 aliphatic carbocycles. The van der Waals surface area contributed by atoms with E-state index >= 15 is 0 Å². The van der Waals surface area contributed by atoms with Gasteiger partial charge in [0.25, 0.3) is 0 Å². The number of carbonyl (C=O) groups excluding carboxylic acids is 1. The maximum Gasteiger partial charge on any atom is 0.344 e. The molecule has 1 unspecified atom stereocenters. The van der Waals surface area contributed by atoms with Crippen LogP contribution in [0.1, 0.15) is 66.7 Å². The molecule has 0 fully saturated rings. The first-order valence-electron chi connectivity index (χ1n) is 9.28. The third-order valence-corrected chi connectivity index (χ3v) is 4.14. The third-order valence-electron chi connectivity index (χ3n) is 4.14. The van der Waals surface area contributed by atoms with Gasteiger partial charge in [0.1, 0.15) is 0 Å². The molecule has 150 valence electrons. The van der Waals surface area contributed by atoms with Gasteiger partial charge < -0.3 is 14.6 Å². The predicted molar refractivity (Wildman–Crippen MR) is 101 cm³/mol. The summed E-state index contributed by atoms with van der Waals surface area (Å²) in [5.41, 5.74) is -0.0271. The lowest BCUT2D eigenvalue weighted by Crippen LogP contribution is -2.14. The number of pyridine rings is 1. The van der Waals surface area contributed by atoms with E-state index in [2.05, 4.69) is 11.9 Å². The zero-order valence-electron chi connectivity index (χ0n) is 16.0. The molecular formula is C21H24FNO5. The van der Waals surface area contributed by atoms with Crippen LogP contribution >= 0.6 is 0 Å². The molecule has 0 radical (unpaired) electrons. The second-order valence-corrected chi connectivity index (χ2v) is 6.50. The first-order valence-corrected chi connectivity index (χ1v) is 9.28. The van der Waals surface area contributed by atoms with E-state index < -0.39 is 17.8 Å². The molecule has 0 saturated heterocycles. The fourth-order valence-corrected chi connectivity index (χ4v) is 2.58. The number of halogens is 1. The minimum atomic E-state index is -1.14. The summed E-state index contributed by atoms with van der Waals surface area (Å²) in [6.45, 7) is 4.03. The highest BCUT2D eigenvalue weighted by Crippen LogP contribution is 2.22. The summed E-state index contributed by atoms with van der Waals surface area (Å²) in [4.78, 5) is 26.7. The van der Waals surface area contributed by atoms with Crippen molar-refractivity contribution in [2.24, 2.45) is 0 Å². The van der Waals surface area contributed by atoms with Crippen LogP contribution in [0.25, 0.3) is 0 Å². The molecule has 0 saturated carbocycles. The number of nitrogens with zero attached hydrogens (tertiary/aromatic N) is 1. The molecule has 0 aliphatic rings. The molecule has 28 heavy (non-hydrogen) atoms. The predicted octanol–water partition coefficient (Wildman–Crippen LogP) is 4.88. The lowest BCUT2D eigenvalue weighted by Gasteiger charge is -2.15. The number of benzene rings is 1. The molecule has 2 rings (SSSR count). The topological polar surface area (TPSA) is 85.7 Å². The number of ether oxygens (including phenoxy) is 2. The van der Waals surface area contributed by atoms with Gasteiger partial charge in [0.15, 0.2) is 11.6 Å². The van der Waals surface area contributed by atoms with Crippen molar-refractivity contribution < 1.29 is 28.6 Å². The molecule has 0 amide bonds. The Hall–Kier alpha value is -2.96. The maximum absolute atomic E-state index is 14.3. The van der Waals surface area contributed by atoms with Gasteiger partial charge in [-0.2, -0.15) is 0 Å². The Labute approximate surface area is 163 Å². The maximum atomic E-state index is 14.3. The Bertz CT molecular complexity index is 807. The first kappa shape index (κ1) is 21.3. The van der Waals surface area contributed by atoms with E-state index in [1.54, 1.807) is 0 Å². The van der Waals surface area contributed by atoms with Crippen LogP contribution in [0.15, 0.2) is 36.5 Å². The second-order valence-electron chi connectivity index (χ2n) is 6.50. The number of carboxylic acids is 1. The van der Waals surface area contributed by atoms with Crippen molar-refractivity contribution in [2.75, 3.05) is 0 Å². The van der Waals surface area contributed by atoms with Gasteiger partial charge in [-0.25, -0.2) is 19.0 Å². The standard InChI is InChI=1S/C21H24FNO5/c1-3-4-5-6-7-14(2)27-18-10-8-15(12-17(18)22)21(26)28-19-11-9-16(13-23-19)20(24)25/h8-14H,3-7H2,1-2H3,(H,24,25). The van der Waals surface area contributed by atoms with E-state index in [1.807, 2.05) is 6.92 Å². The monoisotopic (exact) mass is 389 g/mol. The lowest BCUT2D eigenvalue weighted by molar-refractivity contribution is 0.0696. The average molecular weight is 389 g/mol. The fraction of sp³-hybridized carbons (Fsp3) is 0.381. The summed E-state index contributed by atoms with van der Waals surface area (Å²) in [5.74, 6) is -2.57. The van der Waals surface area contributed by atoms with Gasteiger partial charge in [-0.15, -0.1) is 0 Å². The van der Waals surface area contributed by atoms with Crippen molar-refractivity contribution in [1.29, 1.82) is 0 Å². The highest BCUT2D eigenvalue weighted by Gasteiger charge is 2.15. The van der Waals surface area contributed by atoms with Crippen LogP contribution in [0, 0.1) is 5.82 Å². The molecule has 1 N–H and O–H groups in total. The van der Waals surface area contributed by atoms with Gasteiger partial charge in [-0.3, -0.25) is 0 Å². The van der Waals surface area contributed by atoms with Crippen molar-refractivity contribution in [3.63, 3.8) is 0 Å². The number of aromatic nitrogens is 1. The molecule has 0 spiro atoms. The van der Waals surface area contributed by atoms with Gasteiger partial charge in [0.05, 0.1) is 17.2 Å².